The van der Waals surface area contributed by atoms with Crippen molar-refractivity contribution in [2.75, 3.05) is 0 Å². The molecule has 0 bridgehead atoms. The molecule has 0 aliphatic rings. The van der Waals surface area contributed by atoms with Crippen LogP contribution in [-0.2, 0) is 4.79 Å². The van der Waals surface area contributed by atoms with Crippen LogP contribution >= 0.6 is 12.2 Å². The van der Waals surface area contributed by atoms with Gasteiger partial charge in [0.05, 0.1) is 11.2 Å². The van der Waals surface area contributed by atoms with Crippen molar-refractivity contribution in [1.29, 1.82) is 0 Å². The number of isothiocyanates is 1. The average Bonchev–Trinajstić information content (AvgIpc) is 1.87. The van der Waals surface area contributed by atoms with E-state index in [4.69, 9.17) is 0 Å². The largest absolute Gasteiger partial charge is 0.300 e. The first-order valence-electron chi connectivity index (χ1n) is 3.77. The first-order valence-corrected chi connectivity index (χ1v) is 4.18. The van der Waals surface area contributed by atoms with Crippen LogP contribution in [0.1, 0.15) is 33.1 Å². The SMILES string of the molecule is CCCC(CC(C)=O)N=C=S. The maximum atomic E-state index is 10.7. The summed E-state index contributed by atoms with van der Waals surface area (Å²) in [7, 11) is 0. The average molecular weight is 171 g/mol. The van der Waals surface area contributed by atoms with Gasteiger partial charge in [-0.05, 0) is 25.6 Å². The Bertz CT molecular complexity index is 173. The lowest BCUT2D eigenvalue weighted by molar-refractivity contribution is -0.117. The van der Waals surface area contributed by atoms with Crippen LogP contribution in [0.15, 0.2) is 4.99 Å². The van der Waals surface area contributed by atoms with E-state index in [1.807, 2.05) is 0 Å². The van der Waals surface area contributed by atoms with Gasteiger partial charge in [-0.1, -0.05) is 13.3 Å². The summed E-state index contributed by atoms with van der Waals surface area (Å²) in [5, 5.41) is 2.31. The van der Waals surface area contributed by atoms with Crippen LogP contribution in [0.3, 0.4) is 0 Å². The van der Waals surface area contributed by atoms with Gasteiger partial charge in [0.25, 0.3) is 0 Å². The van der Waals surface area contributed by atoms with Crippen molar-refractivity contribution in [2.24, 2.45) is 4.99 Å². The zero-order valence-corrected chi connectivity index (χ0v) is 7.78. The molecule has 1 unspecified atom stereocenters. The summed E-state index contributed by atoms with van der Waals surface area (Å²) in [4.78, 5) is 14.6. The summed E-state index contributed by atoms with van der Waals surface area (Å²) in [5.41, 5.74) is 0. The molecular formula is C8H13NOS. The number of ketones is 1. The molecule has 0 aromatic carbocycles. The number of Topliss-reactive ketones (excluding diaryl/α,β-unsaturated/α-hetero) is 1. The van der Waals surface area contributed by atoms with E-state index >= 15 is 0 Å². The number of aliphatic imine (C=N–C) groups is 1. The first kappa shape index (κ1) is 10.5. The monoisotopic (exact) mass is 171 g/mol. The lowest BCUT2D eigenvalue weighted by Gasteiger charge is -2.05. The van der Waals surface area contributed by atoms with Gasteiger partial charge in [-0.3, -0.25) is 4.79 Å². The predicted octanol–water partition coefficient (Wildman–Crippen LogP) is 2.24. The smallest absolute Gasteiger partial charge is 0.131 e. The van der Waals surface area contributed by atoms with Gasteiger partial charge >= 0.3 is 0 Å². The molecule has 0 saturated carbocycles. The molecule has 0 N–H and O–H groups in total. The van der Waals surface area contributed by atoms with Crippen LogP contribution in [0.4, 0.5) is 0 Å². The van der Waals surface area contributed by atoms with Crippen molar-refractivity contribution in [3.63, 3.8) is 0 Å². The van der Waals surface area contributed by atoms with Gasteiger partial charge in [-0.15, -0.1) is 0 Å². The highest BCUT2D eigenvalue weighted by Gasteiger charge is 2.07. The van der Waals surface area contributed by atoms with Crippen LogP contribution in [-0.4, -0.2) is 17.0 Å². The summed E-state index contributed by atoms with van der Waals surface area (Å²) < 4.78 is 0. The van der Waals surface area contributed by atoms with Gasteiger partial charge in [-0.2, -0.15) is 0 Å². The van der Waals surface area contributed by atoms with Crippen molar-refractivity contribution < 1.29 is 4.79 Å². The minimum atomic E-state index is 0.0648. The van der Waals surface area contributed by atoms with Gasteiger partial charge in [0.2, 0.25) is 0 Å². The summed E-state index contributed by atoms with van der Waals surface area (Å²) in [6.45, 7) is 3.63. The van der Waals surface area contributed by atoms with E-state index in [2.05, 4.69) is 29.3 Å². The van der Waals surface area contributed by atoms with Gasteiger partial charge in [-0.25, -0.2) is 4.99 Å². The molecule has 0 aromatic heterocycles. The molecule has 62 valence electrons. The Balaban J connectivity index is 3.88. The predicted molar refractivity (Wildman–Crippen MR) is 49.0 cm³/mol. The third-order valence-electron chi connectivity index (χ3n) is 1.38. The molecule has 0 spiro atoms. The standard InChI is InChI=1S/C8H13NOS/c1-3-4-8(9-6-11)5-7(2)10/h8H,3-5H2,1-2H3. The molecule has 3 heteroatoms. The van der Waals surface area contributed by atoms with E-state index in [-0.39, 0.29) is 11.8 Å². The van der Waals surface area contributed by atoms with Gasteiger partial charge < -0.3 is 0 Å². The topological polar surface area (TPSA) is 29.4 Å². The second-order valence-corrected chi connectivity index (χ2v) is 2.75. The number of carbonyl (C=O) groups excluding carboxylic acids is 1. The quantitative estimate of drug-likeness (QED) is 0.469. The number of carbonyl (C=O) groups is 1. The molecule has 0 aliphatic carbocycles. The van der Waals surface area contributed by atoms with E-state index in [0.29, 0.717) is 6.42 Å². The van der Waals surface area contributed by atoms with E-state index in [9.17, 15) is 4.79 Å². The molecule has 11 heavy (non-hydrogen) atoms. The Labute approximate surface area is 72.7 Å². The molecule has 0 radical (unpaired) electrons. The van der Waals surface area contributed by atoms with E-state index in [1.54, 1.807) is 6.92 Å². The molecule has 0 amide bonds. The Hall–Kier alpha value is -0.530. The number of thiocarbonyl (C=S) groups is 1. The number of hydrogen-bond donors (Lipinski definition) is 0. The second-order valence-electron chi connectivity index (χ2n) is 2.57. The van der Waals surface area contributed by atoms with E-state index in [0.717, 1.165) is 12.8 Å². The van der Waals surface area contributed by atoms with Gasteiger partial charge in [0.1, 0.15) is 5.78 Å². The Morgan fingerprint density at radius 3 is 2.73 bits per heavy atom. The molecule has 0 rings (SSSR count). The molecular weight excluding hydrogens is 158 g/mol. The van der Waals surface area contributed by atoms with Crippen molar-refractivity contribution in [2.45, 2.75) is 39.2 Å². The molecule has 0 heterocycles. The fraction of sp³-hybridized carbons (Fsp3) is 0.750. The third-order valence-corrected chi connectivity index (χ3v) is 1.49. The highest BCUT2D eigenvalue weighted by molar-refractivity contribution is 7.78. The Morgan fingerprint density at radius 2 is 2.36 bits per heavy atom. The first-order chi connectivity index (χ1) is 5.20. The highest BCUT2D eigenvalue weighted by Crippen LogP contribution is 2.05. The highest BCUT2D eigenvalue weighted by atomic mass is 32.1. The van der Waals surface area contributed by atoms with Crippen LogP contribution in [0.5, 0.6) is 0 Å². The zero-order chi connectivity index (χ0) is 8.69. The van der Waals surface area contributed by atoms with Gasteiger partial charge in [0.15, 0.2) is 0 Å². The lowest BCUT2D eigenvalue weighted by Crippen LogP contribution is -2.08. The van der Waals surface area contributed by atoms with Crippen LogP contribution in [0, 0.1) is 0 Å². The normalized spacial score (nSPS) is 11.8. The summed E-state index contributed by atoms with van der Waals surface area (Å²) >= 11 is 4.47. The van der Waals surface area contributed by atoms with Crippen molar-refractivity contribution >= 4 is 23.2 Å². The number of nitrogens with zero attached hydrogens (tertiary/aromatic N) is 1. The lowest BCUT2D eigenvalue weighted by atomic mass is 10.1. The maximum absolute atomic E-state index is 10.7. The van der Waals surface area contributed by atoms with Crippen LogP contribution < -0.4 is 0 Å². The molecule has 1 atom stereocenters. The fourth-order valence-electron chi connectivity index (χ4n) is 0.952. The fourth-order valence-corrected chi connectivity index (χ4v) is 1.10. The molecule has 0 aromatic rings. The minimum Gasteiger partial charge on any atom is -0.300 e. The molecule has 0 fully saturated rings. The van der Waals surface area contributed by atoms with E-state index in [1.165, 1.54) is 0 Å². The Morgan fingerprint density at radius 1 is 1.73 bits per heavy atom. The van der Waals surface area contributed by atoms with Crippen LogP contribution in [0.2, 0.25) is 0 Å². The number of hydrogen-bond acceptors (Lipinski definition) is 3. The van der Waals surface area contributed by atoms with Crippen molar-refractivity contribution in [3.8, 4) is 0 Å². The Kier molecular flexibility index (Phi) is 5.90. The molecule has 0 aliphatic heterocycles. The van der Waals surface area contributed by atoms with Crippen molar-refractivity contribution in [3.05, 3.63) is 0 Å². The zero-order valence-electron chi connectivity index (χ0n) is 6.96. The van der Waals surface area contributed by atoms with Crippen molar-refractivity contribution in [1.82, 2.24) is 0 Å². The maximum Gasteiger partial charge on any atom is 0.131 e. The number of rotatable bonds is 5. The third kappa shape index (κ3) is 5.89. The van der Waals surface area contributed by atoms with Gasteiger partial charge in [0, 0.05) is 6.42 Å². The van der Waals surface area contributed by atoms with Crippen LogP contribution in [0.25, 0.3) is 0 Å². The minimum absolute atomic E-state index is 0.0648. The second kappa shape index (κ2) is 6.20. The summed E-state index contributed by atoms with van der Waals surface area (Å²) in [6, 6.07) is 0.0648. The molecule has 2 nitrogen and oxygen atoms in total. The molecule has 0 saturated heterocycles. The summed E-state index contributed by atoms with van der Waals surface area (Å²) in [6.07, 6.45) is 2.44. The summed E-state index contributed by atoms with van der Waals surface area (Å²) in [5.74, 6) is 0.164. The van der Waals surface area contributed by atoms with E-state index < -0.39 is 0 Å².